The van der Waals surface area contributed by atoms with E-state index in [1.807, 2.05) is 0 Å². The van der Waals surface area contributed by atoms with Crippen LogP contribution in [0.15, 0.2) is 21.5 Å². The van der Waals surface area contributed by atoms with Crippen LogP contribution in [0, 0.1) is 5.82 Å². The Bertz CT molecular complexity index is 661. The normalized spacial score (nSPS) is 15.9. The number of benzene rings is 1. The molecule has 1 fully saturated rings. The summed E-state index contributed by atoms with van der Waals surface area (Å²) in [5.74, 6) is -1.47. The Morgan fingerprint density at radius 1 is 1.32 bits per heavy atom. The van der Waals surface area contributed by atoms with Gasteiger partial charge in [0.1, 0.15) is 4.90 Å². The molecule has 0 aromatic heterocycles. The summed E-state index contributed by atoms with van der Waals surface area (Å²) in [5.41, 5.74) is -0.216. The Balaban J connectivity index is 0.00000242. The Hall–Kier alpha value is -0.700. The smallest absolute Gasteiger partial charge is 0.256 e. The van der Waals surface area contributed by atoms with Gasteiger partial charge in [0.05, 0.1) is 5.56 Å². The Morgan fingerprint density at radius 2 is 2.00 bits per heavy atom. The molecular weight excluding hydrogens is 399 g/mol. The third kappa shape index (κ3) is 4.41. The molecule has 0 unspecified atom stereocenters. The molecule has 1 amide bonds. The van der Waals surface area contributed by atoms with Gasteiger partial charge in [0, 0.05) is 30.4 Å². The molecule has 1 aliphatic rings. The van der Waals surface area contributed by atoms with Gasteiger partial charge in [0.15, 0.2) is 15.7 Å². The minimum absolute atomic E-state index is 0. The number of rotatable bonds is 2. The summed E-state index contributed by atoms with van der Waals surface area (Å²) >= 11 is 3.13. The number of nitrogens with zero attached hydrogens (tertiary/aromatic N) is 1. The molecule has 1 aromatic carbocycles. The zero-order valence-electron chi connectivity index (χ0n) is 11.9. The number of carbonyl (C=O) groups is 1. The van der Waals surface area contributed by atoms with E-state index < -0.39 is 26.5 Å². The molecule has 1 saturated heterocycles. The maximum absolute atomic E-state index is 14.4. The Labute approximate surface area is 143 Å². The van der Waals surface area contributed by atoms with E-state index in [1.54, 1.807) is 0 Å². The standard InChI is InChI=1S/C13H16BrFN2O3S.ClH/c1-21(19,20)11-8-9(14)7-10(12(11)15)13(18)17-5-2-3-16-4-6-17;/h7-8,16H,2-6H2,1H3;1H. The second-order valence-electron chi connectivity index (χ2n) is 4.93. The lowest BCUT2D eigenvalue weighted by atomic mass is 10.1. The molecule has 1 N–H and O–H groups in total. The molecule has 1 aromatic rings. The van der Waals surface area contributed by atoms with Crippen LogP contribution in [-0.2, 0) is 9.84 Å². The van der Waals surface area contributed by atoms with Crippen LogP contribution >= 0.6 is 28.3 Å². The van der Waals surface area contributed by atoms with Gasteiger partial charge in [0.2, 0.25) is 0 Å². The summed E-state index contributed by atoms with van der Waals surface area (Å²) in [4.78, 5) is 13.5. The summed E-state index contributed by atoms with van der Waals surface area (Å²) < 4.78 is 38.0. The highest BCUT2D eigenvalue weighted by molar-refractivity contribution is 9.10. The molecule has 0 atom stereocenters. The van der Waals surface area contributed by atoms with Crippen LogP contribution in [0.2, 0.25) is 0 Å². The SMILES string of the molecule is CS(=O)(=O)c1cc(Br)cc(C(=O)N2CCCNCC2)c1F.Cl. The minimum Gasteiger partial charge on any atom is -0.337 e. The molecule has 0 radical (unpaired) electrons. The topological polar surface area (TPSA) is 66.5 Å². The molecule has 9 heteroatoms. The van der Waals surface area contributed by atoms with E-state index in [9.17, 15) is 17.6 Å². The van der Waals surface area contributed by atoms with E-state index in [4.69, 9.17) is 0 Å². The summed E-state index contributed by atoms with van der Waals surface area (Å²) in [6.07, 6.45) is 1.70. The number of hydrogen-bond acceptors (Lipinski definition) is 4. The molecule has 0 spiro atoms. The fourth-order valence-corrected chi connectivity index (χ4v) is 3.59. The number of sulfone groups is 1. The van der Waals surface area contributed by atoms with Crippen molar-refractivity contribution in [1.29, 1.82) is 0 Å². The summed E-state index contributed by atoms with van der Waals surface area (Å²) in [5, 5.41) is 3.15. The first-order chi connectivity index (χ1) is 9.80. The van der Waals surface area contributed by atoms with Crippen LogP contribution in [-0.4, -0.2) is 51.7 Å². The van der Waals surface area contributed by atoms with E-state index >= 15 is 0 Å². The van der Waals surface area contributed by atoms with Gasteiger partial charge in [-0.2, -0.15) is 0 Å². The minimum atomic E-state index is -3.74. The predicted octanol–water partition coefficient (Wildman–Crippen LogP) is 1.85. The van der Waals surface area contributed by atoms with Crippen LogP contribution in [0.25, 0.3) is 0 Å². The van der Waals surface area contributed by atoms with E-state index in [0.29, 0.717) is 24.1 Å². The summed E-state index contributed by atoms with van der Waals surface area (Å²) in [6.45, 7) is 2.44. The third-order valence-electron chi connectivity index (χ3n) is 3.26. The monoisotopic (exact) mass is 414 g/mol. The van der Waals surface area contributed by atoms with Crippen molar-refractivity contribution >= 4 is 44.1 Å². The zero-order chi connectivity index (χ0) is 15.6. The highest BCUT2D eigenvalue weighted by Crippen LogP contribution is 2.25. The first-order valence-corrected chi connectivity index (χ1v) is 9.18. The second kappa shape index (κ2) is 7.72. The lowest BCUT2D eigenvalue weighted by Gasteiger charge is -2.21. The van der Waals surface area contributed by atoms with Crippen molar-refractivity contribution in [2.75, 3.05) is 32.4 Å². The highest BCUT2D eigenvalue weighted by atomic mass is 79.9. The van der Waals surface area contributed by atoms with Crippen LogP contribution in [0.3, 0.4) is 0 Å². The quantitative estimate of drug-likeness (QED) is 0.800. The largest absolute Gasteiger partial charge is 0.337 e. The number of carbonyl (C=O) groups excluding carboxylic acids is 1. The Morgan fingerprint density at radius 3 is 2.64 bits per heavy atom. The average molecular weight is 416 g/mol. The van der Waals surface area contributed by atoms with Crippen LogP contribution in [0.1, 0.15) is 16.8 Å². The molecule has 124 valence electrons. The highest BCUT2D eigenvalue weighted by Gasteiger charge is 2.25. The maximum Gasteiger partial charge on any atom is 0.256 e. The molecule has 0 aliphatic carbocycles. The lowest BCUT2D eigenvalue weighted by molar-refractivity contribution is 0.0761. The van der Waals surface area contributed by atoms with Crippen molar-refractivity contribution in [2.24, 2.45) is 0 Å². The third-order valence-corrected chi connectivity index (χ3v) is 4.82. The van der Waals surface area contributed by atoms with Crippen molar-refractivity contribution in [3.05, 3.63) is 28.0 Å². The predicted molar refractivity (Wildman–Crippen MR) is 87.8 cm³/mol. The first-order valence-electron chi connectivity index (χ1n) is 6.50. The number of halogens is 3. The molecule has 1 heterocycles. The molecule has 0 bridgehead atoms. The van der Waals surface area contributed by atoms with Gasteiger partial charge in [0.25, 0.3) is 5.91 Å². The Kier molecular flexibility index (Phi) is 6.79. The van der Waals surface area contributed by atoms with Gasteiger partial charge in [-0.25, -0.2) is 12.8 Å². The van der Waals surface area contributed by atoms with Gasteiger partial charge < -0.3 is 10.2 Å². The number of hydrogen-bond donors (Lipinski definition) is 1. The van der Waals surface area contributed by atoms with Gasteiger partial charge in [-0.15, -0.1) is 12.4 Å². The molecule has 5 nitrogen and oxygen atoms in total. The van der Waals surface area contributed by atoms with E-state index in [-0.39, 0.29) is 18.0 Å². The zero-order valence-corrected chi connectivity index (χ0v) is 15.2. The molecule has 2 rings (SSSR count). The van der Waals surface area contributed by atoms with Gasteiger partial charge in [-0.05, 0) is 25.1 Å². The fraction of sp³-hybridized carbons (Fsp3) is 0.462. The lowest BCUT2D eigenvalue weighted by Crippen LogP contribution is -2.35. The molecular formula is C13H17BrClFN2O3S. The van der Waals surface area contributed by atoms with Crippen molar-refractivity contribution < 1.29 is 17.6 Å². The van der Waals surface area contributed by atoms with Crippen molar-refractivity contribution in [3.8, 4) is 0 Å². The molecule has 0 saturated carbocycles. The van der Waals surface area contributed by atoms with Gasteiger partial charge in [-0.3, -0.25) is 4.79 Å². The fourth-order valence-electron chi connectivity index (χ4n) is 2.21. The van der Waals surface area contributed by atoms with E-state index in [1.165, 1.54) is 17.0 Å². The van der Waals surface area contributed by atoms with Crippen LogP contribution in [0.4, 0.5) is 4.39 Å². The van der Waals surface area contributed by atoms with Crippen LogP contribution in [0.5, 0.6) is 0 Å². The first kappa shape index (κ1) is 19.3. The van der Waals surface area contributed by atoms with E-state index in [2.05, 4.69) is 21.2 Å². The van der Waals surface area contributed by atoms with Crippen molar-refractivity contribution in [1.82, 2.24) is 10.2 Å². The van der Waals surface area contributed by atoms with Crippen LogP contribution < -0.4 is 5.32 Å². The maximum atomic E-state index is 14.4. The average Bonchev–Trinajstić information content (AvgIpc) is 2.68. The van der Waals surface area contributed by atoms with Gasteiger partial charge in [-0.1, -0.05) is 15.9 Å². The second-order valence-corrected chi connectivity index (χ2v) is 7.83. The van der Waals surface area contributed by atoms with Crippen molar-refractivity contribution in [3.63, 3.8) is 0 Å². The number of amides is 1. The molecule has 1 aliphatic heterocycles. The molecule has 22 heavy (non-hydrogen) atoms. The summed E-state index contributed by atoms with van der Waals surface area (Å²) in [6, 6.07) is 2.50. The van der Waals surface area contributed by atoms with Crippen molar-refractivity contribution in [2.45, 2.75) is 11.3 Å². The van der Waals surface area contributed by atoms with Gasteiger partial charge >= 0.3 is 0 Å². The van der Waals surface area contributed by atoms with E-state index in [0.717, 1.165) is 19.2 Å². The number of nitrogens with one attached hydrogen (secondary N) is 1. The summed E-state index contributed by atoms with van der Waals surface area (Å²) in [7, 11) is -3.74.